The summed E-state index contributed by atoms with van der Waals surface area (Å²) in [4.78, 5) is 12.1. The summed E-state index contributed by atoms with van der Waals surface area (Å²) in [5, 5.41) is 7.77. The van der Waals surface area contributed by atoms with Gasteiger partial charge in [-0.2, -0.15) is 11.8 Å². The number of carbonyl (C=O) groups excluding carboxylic acids is 1. The molecule has 0 saturated heterocycles. The third-order valence-corrected chi connectivity index (χ3v) is 5.87. The Hall–Kier alpha value is -1.42. The molecule has 2 aromatic carbocycles. The molecule has 0 aliphatic rings. The van der Waals surface area contributed by atoms with Crippen molar-refractivity contribution in [2.75, 3.05) is 12.3 Å². The maximum Gasteiger partial charge on any atom is 0.252 e. The second-order valence-electron chi connectivity index (χ2n) is 5.09. The molecule has 0 aliphatic carbocycles. The summed E-state index contributed by atoms with van der Waals surface area (Å²) in [6.07, 6.45) is 0. The molecule has 2 aromatic rings. The lowest BCUT2D eigenvalue weighted by atomic mass is 10.2. The smallest absolute Gasteiger partial charge is 0.252 e. The number of carbonyl (C=O) groups is 1. The first-order valence-corrected chi connectivity index (χ1v) is 10.7. The van der Waals surface area contributed by atoms with Crippen molar-refractivity contribution < 1.29 is 17.6 Å². The molecule has 25 heavy (non-hydrogen) atoms. The first kappa shape index (κ1) is 19.9. The van der Waals surface area contributed by atoms with Crippen LogP contribution in [0.15, 0.2) is 51.8 Å². The van der Waals surface area contributed by atoms with Gasteiger partial charge in [0.1, 0.15) is 5.82 Å². The van der Waals surface area contributed by atoms with Gasteiger partial charge in [-0.1, -0.05) is 18.2 Å². The molecule has 3 N–H and O–H groups in total. The van der Waals surface area contributed by atoms with E-state index in [1.54, 1.807) is 18.2 Å². The van der Waals surface area contributed by atoms with Gasteiger partial charge in [0.2, 0.25) is 10.0 Å². The molecule has 5 nitrogen and oxygen atoms in total. The largest absolute Gasteiger partial charge is 0.351 e. The van der Waals surface area contributed by atoms with Gasteiger partial charge < -0.3 is 5.32 Å². The zero-order valence-corrected chi connectivity index (χ0v) is 16.3. The number of primary sulfonamides is 1. The molecule has 9 heteroatoms. The fourth-order valence-electron chi connectivity index (χ4n) is 1.98. The molecule has 0 spiro atoms. The zero-order chi connectivity index (χ0) is 18.4. The molecule has 0 saturated carbocycles. The molecule has 0 bridgehead atoms. The van der Waals surface area contributed by atoms with Crippen molar-refractivity contribution in [3.8, 4) is 0 Å². The van der Waals surface area contributed by atoms with Crippen LogP contribution in [0.1, 0.15) is 15.9 Å². The molecule has 0 atom stereocenters. The summed E-state index contributed by atoms with van der Waals surface area (Å²) >= 11 is 4.70. The van der Waals surface area contributed by atoms with E-state index in [1.165, 1.54) is 36.0 Å². The normalized spacial score (nSPS) is 11.3. The number of sulfonamides is 1. The van der Waals surface area contributed by atoms with Gasteiger partial charge in [0.15, 0.2) is 0 Å². The Labute approximate surface area is 158 Å². The Morgan fingerprint density at radius 3 is 2.64 bits per heavy atom. The van der Waals surface area contributed by atoms with E-state index in [2.05, 4.69) is 21.2 Å². The molecular formula is C16H16BrFN2O3S2. The highest BCUT2D eigenvalue weighted by atomic mass is 79.9. The Balaban J connectivity index is 1.87. The third kappa shape index (κ3) is 5.81. The fraction of sp³-hybridized carbons (Fsp3) is 0.188. The lowest BCUT2D eigenvalue weighted by molar-refractivity contribution is 0.0955. The van der Waals surface area contributed by atoms with E-state index < -0.39 is 15.9 Å². The predicted molar refractivity (Wildman–Crippen MR) is 100 cm³/mol. The van der Waals surface area contributed by atoms with E-state index in [4.69, 9.17) is 5.14 Å². The standard InChI is InChI=1S/C16H16BrFN2O3S2/c17-14-6-5-12(25(19,22)23)9-13(14)16(21)20-7-8-24-10-11-3-1-2-4-15(11)18/h1-6,9H,7-8,10H2,(H,20,21)(H2,19,22,23). The average Bonchev–Trinajstić information content (AvgIpc) is 2.55. The van der Waals surface area contributed by atoms with Gasteiger partial charge in [0.25, 0.3) is 5.91 Å². The van der Waals surface area contributed by atoms with Crippen LogP contribution in [-0.4, -0.2) is 26.6 Å². The molecule has 0 radical (unpaired) electrons. The van der Waals surface area contributed by atoms with Crippen LogP contribution >= 0.6 is 27.7 Å². The number of thioether (sulfide) groups is 1. The summed E-state index contributed by atoms with van der Waals surface area (Å²) in [5.41, 5.74) is 0.799. The van der Waals surface area contributed by atoms with Crippen molar-refractivity contribution >= 4 is 43.6 Å². The van der Waals surface area contributed by atoms with Crippen LogP contribution in [0.4, 0.5) is 4.39 Å². The maximum atomic E-state index is 13.5. The monoisotopic (exact) mass is 446 g/mol. The Morgan fingerprint density at radius 1 is 1.24 bits per heavy atom. The quantitative estimate of drug-likeness (QED) is 0.639. The van der Waals surface area contributed by atoms with Gasteiger partial charge in [0, 0.05) is 22.5 Å². The molecule has 0 unspecified atom stereocenters. The van der Waals surface area contributed by atoms with Crippen molar-refractivity contribution in [3.05, 3.63) is 63.9 Å². The number of halogens is 2. The number of hydrogen-bond donors (Lipinski definition) is 2. The molecule has 134 valence electrons. The van der Waals surface area contributed by atoms with Crippen molar-refractivity contribution in [2.24, 2.45) is 5.14 Å². The number of hydrogen-bond acceptors (Lipinski definition) is 4. The van der Waals surface area contributed by atoms with E-state index in [-0.39, 0.29) is 16.3 Å². The van der Waals surface area contributed by atoms with E-state index >= 15 is 0 Å². The first-order valence-electron chi connectivity index (χ1n) is 7.21. The second-order valence-corrected chi connectivity index (χ2v) is 8.61. The molecule has 0 aromatic heterocycles. The molecule has 0 heterocycles. The van der Waals surface area contributed by atoms with E-state index in [1.807, 2.05) is 0 Å². The summed E-state index contributed by atoms with van der Waals surface area (Å²) in [7, 11) is -3.88. The second kappa shape index (κ2) is 8.79. The summed E-state index contributed by atoms with van der Waals surface area (Å²) < 4.78 is 36.7. The zero-order valence-electron chi connectivity index (χ0n) is 13.0. The van der Waals surface area contributed by atoms with Gasteiger partial charge in [-0.05, 0) is 45.8 Å². The fourth-order valence-corrected chi connectivity index (χ4v) is 3.80. The molecule has 2 rings (SSSR count). The minimum absolute atomic E-state index is 0.130. The van der Waals surface area contributed by atoms with Crippen molar-refractivity contribution in [3.63, 3.8) is 0 Å². The van der Waals surface area contributed by atoms with Crippen LogP contribution in [0.3, 0.4) is 0 Å². The van der Waals surface area contributed by atoms with Crippen LogP contribution in [0.25, 0.3) is 0 Å². The molecule has 1 amide bonds. The van der Waals surface area contributed by atoms with Crippen molar-refractivity contribution in [2.45, 2.75) is 10.6 Å². The van der Waals surface area contributed by atoms with E-state index in [0.29, 0.717) is 28.1 Å². The summed E-state index contributed by atoms with van der Waals surface area (Å²) in [6, 6.07) is 10.5. The van der Waals surface area contributed by atoms with Crippen molar-refractivity contribution in [1.29, 1.82) is 0 Å². The predicted octanol–water partition coefficient (Wildman–Crippen LogP) is 2.90. The summed E-state index contributed by atoms with van der Waals surface area (Å²) in [5.74, 6) is 0.436. The highest BCUT2D eigenvalue weighted by molar-refractivity contribution is 9.10. The average molecular weight is 447 g/mol. The van der Waals surface area contributed by atoms with Gasteiger partial charge >= 0.3 is 0 Å². The highest BCUT2D eigenvalue weighted by Crippen LogP contribution is 2.20. The number of rotatable bonds is 7. The third-order valence-electron chi connectivity index (χ3n) is 3.26. The maximum absolute atomic E-state index is 13.5. The Bertz CT molecular complexity index is 875. The topological polar surface area (TPSA) is 89.3 Å². The Morgan fingerprint density at radius 2 is 1.96 bits per heavy atom. The number of amides is 1. The van der Waals surface area contributed by atoms with Gasteiger partial charge in [0.05, 0.1) is 10.5 Å². The Kier molecular flexibility index (Phi) is 7.00. The first-order chi connectivity index (χ1) is 11.8. The van der Waals surface area contributed by atoms with Crippen LogP contribution in [0.5, 0.6) is 0 Å². The van der Waals surface area contributed by atoms with E-state index in [9.17, 15) is 17.6 Å². The highest BCUT2D eigenvalue weighted by Gasteiger charge is 2.15. The van der Waals surface area contributed by atoms with Gasteiger partial charge in [-0.15, -0.1) is 0 Å². The van der Waals surface area contributed by atoms with Crippen LogP contribution < -0.4 is 10.5 Å². The van der Waals surface area contributed by atoms with Crippen LogP contribution in [-0.2, 0) is 15.8 Å². The molecule has 0 aliphatic heterocycles. The van der Waals surface area contributed by atoms with E-state index in [0.717, 1.165) is 0 Å². The lowest BCUT2D eigenvalue weighted by Crippen LogP contribution is -2.26. The van der Waals surface area contributed by atoms with Gasteiger partial charge in [-0.3, -0.25) is 4.79 Å². The summed E-state index contributed by atoms with van der Waals surface area (Å²) in [6.45, 7) is 0.365. The lowest BCUT2D eigenvalue weighted by Gasteiger charge is -2.08. The van der Waals surface area contributed by atoms with Gasteiger partial charge in [-0.25, -0.2) is 17.9 Å². The number of nitrogens with one attached hydrogen (secondary N) is 1. The van der Waals surface area contributed by atoms with Crippen LogP contribution in [0, 0.1) is 5.82 Å². The number of benzene rings is 2. The molecular weight excluding hydrogens is 431 g/mol. The van der Waals surface area contributed by atoms with Crippen molar-refractivity contribution in [1.82, 2.24) is 5.32 Å². The minimum atomic E-state index is -3.88. The van der Waals surface area contributed by atoms with Crippen LogP contribution in [0.2, 0.25) is 0 Å². The SMILES string of the molecule is NS(=O)(=O)c1ccc(Br)c(C(=O)NCCSCc2ccccc2F)c1. The molecule has 0 fully saturated rings. The number of nitrogens with two attached hydrogens (primary N) is 1. The minimum Gasteiger partial charge on any atom is -0.351 e.